The summed E-state index contributed by atoms with van der Waals surface area (Å²) >= 11 is 5.40. The number of aliphatic hydroxyl groups excluding tert-OH is 2. The van der Waals surface area contributed by atoms with Crippen molar-refractivity contribution in [3.63, 3.8) is 0 Å². The van der Waals surface area contributed by atoms with E-state index in [1.54, 1.807) is 0 Å². The van der Waals surface area contributed by atoms with Crippen LogP contribution in [0.5, 0.6) is 0 Å². The zero-order valence-electron chi connectivity index (χ0n) is 14.8. The van der Waals surface area contributed by atoms with E-state index >= 15 is 0 Å². The number of hydrogen-bond acceptors (Lipinski definition) is 4. The Labute approximate surface area is 142 Å². The van der Waals surface area contributed by atoms with E-state index in [9.17, 15) is 5.11 Å². The number of ether oxygens (including phenoxy) is 1. The van der Waals surface area contributed by atoms with Crippen molar-refractivity contribution in [1.82, 2.24) is 0 Å². The maximum absolute atomic E-state index is 9.39. The number of unbranched alkanes of at least 4 members (excludes halogenated alkanes) is 3. The molecule has 0 aromatic carbocycles. The summed E-state index contributed by atoms with van der Waals surface area (Å²) in [5, 5.41) is 18.8. The molecule has 132 valence electrons. The quantitative estimate of drug-likeness (QED) is 0.455. The van der Waals surface area contributed by atoms with Gasteiger partial charge in [0.15, 0.2) is 5.05 Å². The Balaban J connectivity index is 4.71. The summed E-state index contributed by atoms with van der Waals surface area (Å²) in [7, 11) is 0. The summed E-state index contributed by atoms with van der Waals surface area (Å²) in [6.45, 7) is 6.51. The predicted molar refractivity (Wildman–Crippen MR) is 97.3 cm³/mol. The van der Waals surface area contributed by atoms with E-state index in [-0.39, 0.29) is 18.6 Å². The van der Waals surface area contributed by atoms with Gasteiger partial charge in [-0.05, 0) is 36.9 Å². The van der Waals surface area contributed by atoms with E-state index in [1.807, 2.05) is 0 Å². The Morgan fingerprint density at radius 3 is 1.82 bits per heavy atom. The summed E-state index contributed by atoms with van der Waals surface area (Å²) in [6.07, 6.45) is 10.9. The van der Waals surface area contributed by atoms with Crippen LogP contribution in [0, 0.1) is 5.41 Å². The molecule has 0 radical (unpaired) electrons. The van der Waals surface area contributed by atoms with Crippen molar-refractivity contribution in [2.24, 2.45) is 5.41 Å². The largest absolute Gasteiger partial charge is 0.484 e. The summed E-state index contributed by atoms with van der Waals surface area (Å²) in [4.78, 5) is 0. The number of aliphatic hydroxyl groups is 2. The third-order valence-corrected chi connectivity index (χ3v) is 4.61. The highest BCUT2D eigenvalue weighted by molar-refractivity contribution is 7.80. The van der Waals surface area contributed by atoms with Crippen LogP contribution in [0.3, 0.4) is 0 Å². The lowest BCUT2D eigenvalue weighted by Crippen LogP contribution is -2.28. The second kappa shape index (κ2) is 13.3. The van der Waals surface area contributed by atoms with Crippen LogP contribution in [-0.2, 0) is 4.74 Å². The Kier molecular flexibility index (Phi) is 13.2. The maximum atomic E-state index is 9.39. The van der Waals surface area contributed by atoms with E-state index in [4.69, 9.17) is 22.1 Å². The van der Waals surface area contributed by atoms with Gasteiger partial charge in [-0.2, -0.15) is 0 Å². The molecule has 1 atom stereocenters. The highest BCUT2D eigenvalue weighted by atomic mass is 32.1. The van der Waals surface area contributed by atoms with Crippen molar-refractivity contribution >= 4 is 17.3 Å². The summed E-state index contributed by atoms with van der Waals surface area (Å²) in [6, 6.07) is 0. The molecule has 0 saturated carbocycles. The molecule has 0 heterocycles. The van der Waals surface area contributed by atoms with E-state index < -0.39 is 6.10 Å². The normalized spacial score (nSPS) is 13.1. The fraction of sp³-hybridized carbons (Fsp3) is 0.944. The van der Waals surface area contributed by atoms with Gasteiger partial charge in [0, 0.05) is 6.42 Å². The molecule has 0 aliphatic rings. The van der Waals surface area contributed by atoms with Gasteiger partial charge in [-0.1, -0.05) is 59.3 Å². The molecular weight excluding hydrogens is 296 g/mol. The van der Waals surface area contributed by atoms with Gasteiger partial charge in [-0.3, -0.25) is 0 Å². The third kappa shape index (κ3) is 9.75. The minimum atomic E-state index is -0.839. The molecule has 22 heavy (non-hydrogen) atoms. The monoisotopic (exact) mass is 332 g/mol. The van der Waals surface area contributed by atoms with Crippen LogP contribution in [0.25, 0.3) is 0 Å². The zero-order valence-corrected chi connectivity index (χ0v) is 15.6. The van der Waals surface area contributed by atoms with Crippen molar-refractivity contribution in [2.45, 2.75) is 91.1 Å². The van der Waals surface area contributed by atoms with Crippen LogP contribution in [0.1, 0.15) is 85.0 Å². The molecule has 0 aromatic rings. The first-order chi connectivity index (χ1) is 10.5. The minimum Gasteiger partial charge on any atom is -0.484 e. The Bertz CT molecular complexity index is 260. The van der Waals surface area contributed by atoms with Crippen molar-refractivity contribution in [2.75, 3.05) is 13.2 Å². The number of thiocarbonyl (C=S) groups is 1. The van der Waals surface area contributed by atoms with Crippen LogP contribution < -0.4 is 0 Å². The number of rotatable bonds is 14. The molecule has 0 bridgehead atoms. The molecule has 3 nitrogen and oxygen atoms in total. The van der Waals surface area contributed by atoms with Crippen molar-refractivity contribution in [1.29, 1.82) is 0 Å². The minimum absolute atomic E-state index is 0.0980. The molecular formula is C18H36O3S. The molecule has 0 rings (SSSR count). The van der Waals surface area contributed by atoms with Crippen molar-refractivity contribution < 1.29 is 14.9 Å². The lowest BCUT2D eigenvalue weighted by molar-refractivity contribution is 0.0478. The molecule has 2 N–H and O–H groups in total. The molecule has 4 heteroatoms. The molecule has 0 aliphatic heterocycles. The maximum Gasteiger partial charge on any atom is 0.160 e. The first-order valence-corrected chi connectivity index (χ1v) is 9.39. The van der Waals surface area contributed by atoms with E-state index in [1.165, 1.54) is 57.8 Å². The van der Waals surface area contributed by atoms with Gasteiger partial charge in [0.1, 0.15) is 12.7 Å². The molecule has 0 aliphatic carbocycles. The smallest absolute Gasteiger partial charge is 0.160 e. The predicted octanol–water partition coefficient (Wildman–Crippen LogP) is 4.63. The zero-order chi connectivity index (χ0) is 16.8. The van der Waals surface area contributed by atoms with Crippen LogP contribution in [0.15, 0.2) is 0 Å². The molecule has 0 saturated heterocycles. The van der Waals surface area contributed by atoms with Crippen molar-refractivity contribution in [3.8, 4) is 0 Å². The van der Waals surface area contributed by atoms with Crippen LogP contribution in [0.2, 0.25) is 0 Å². The van der Waals surface area contributed by atoms with Gasteiger partial charge in [0.05, 0.1) is 6.61 Å². The van der Waals surface area contributed by atoms with Crippen LogP contribution >= 0.6 is 12.2 Å². The molecule has 0 aromatic heterocycles. The SMILES string of the molecule is CCCCC(CCCC)(CCCC)CC(=S)OCC(O)CO. The summed E-state index contributed by atoms with van der Waals surface area (Å²) in [5.74, 6) is 0. The van der Waals surface area contributed by atoms with Gasteiger partial charge in [0.25, 0.3) is 0 Å². The highest BCUT2D eigenvalue weighted by Crippen LogP contribution is 2.40. The van der Waals surface area contributed by atoms with E-state index in [0.29, 0.717) is 5.05 Å². The first-order valence-electron chi connectivity index (χ1n) is 8.98. The average Bonchev–Trinajstić information content (AvgIpc) is 2.53. The standard InChI is InChI=1S/C18H36O3S/c1-4-7-10-18(11-8-5-2,12-9-6-3)13-17(22)21-15-16(20)14-19/h16,19-20H,4-15H2,1-3H3. The Hall–Kier alpha value is -0.190. The molecule has 0 spiro atoms. The van der Waals surface area contributed by atoms with Gasteiger partial charge in [-0.15, -0.1) is 0 Å². The second-order valence-electron chi connectivity index (χ2n) is 6.51. The Morgan fingerprint density at radius 2 is 1.45 bits per heavy atom. The molecule has 0 amide bonds. The summed E-state index contributed by atoms with van der Waals surface area (Å²) in [5.41, 5.74) is 0.253. The van der Waals surface area contributed by atoms with Gasteiger partial charge in [0.2, 0.25) is 0 Å². The first kappa shape index (κ1) is 21.8. The Morgan fingerprint density at radius 1 is 1.00 bits per heavy atom. The highest BCUT2D eigenvalue weighted by Gasteiger charge is 2.30. The van der Waals surface area contributed by atoms with E-state index in [0.717, 1.165) is 6.42 Å². The topological polar surface area (TPSA) is 49.7 Å². The molecule has 0 fully saturated rings. The van der Waals surface area contributed by atoms with Crippen LogP contribution in [-0.4, -0.2) is 34.6 Å². The average molecular weight is 333 g/mol. The van der Waals surface area contributed by atoms with Gasteiger partial charge in [-0.25, -0.2) is 0 Å². The third-order valence-electron chi connectivity index (χ3n) is 4.35. The van der Waals surface area contributed by atoms with Crippen molar-refractivity contribution in [3.05, 3.63) is 0 Å². The second-order valence-corrected chi connectivity index (χ2v) is 6.96. The van der Waals surface area contributed by atoms with Gasteiger partial charge < -0.3 is 14.9 Å². The molecule has 1 unspecified atom stereocenters. The lowest BCUT2D eigenvalue weighted by atomic mass is 9.72. The fourth-order valence-corrected chi connectivity index (χ4v) is 3.27. The van der Waals surface area contributed by atoms with Gasteiger partial charge >= 0.3 is 0 Å². The summed E-state index contributed by atoms with van der Waals surface area (Å²) < 4.78 is 5.51. The lowest BCUT2D eigenvalue weighted by Gasteiger charge is -2.34. The van der Waals surface area contributed by atoms with Crippen LogP contribution in [0.4, 0.5) is 0 Å². The fourth-order valence-electron chi connectivity index (χ4n) is 2.89. The van der Waals surface area contributed by atoms with E-state index in [2.05, 4.69) is 20.8 Å². The number of hydrogen-bond donors (Lipinski definition) is 2.